The number of hydrogen-bond acceptors (Lipinski definition) is 2. The van der Waals surface area contributed by atoms with Crippen molar-refractivity contribution in [1.29, 1.82) is 0 Å². The summed E-state index contributed by atoms with van der Waals surface area (Å²) >= 11 is 0. The summed E-state index contributed by atoms with van der Waals surface area (Å²) in [5, 5.41) is 5.22. The molecule has 1 atom stereocenters. The van der Waals surface area contributed by atoms with Crippen LogP contribution in [0.1, 0.15) is 24.9 Å². The van der Waals surface area contributed by atoms with Crippen LogP contribution in [0.2, 0.25) is 0 Å². The van der Waals surface area contributed by atoms with Gasteiger partial charge in [0.15, 0.2) is 0 Å². The molecular formula is C12H16N2O2. The average Bonchev–Trinajstić information content (AvgIpc) is 2.35. The van der Waals surface area contributed by atoms with Crippen LogP contribution in [0, 0.1) is 0 Å². The zero-order valence-corrected chi connectivity index (χ0v) is 9.49. The van der Waals surface area contributed by atoms with Crippen LogP contribution in [0.5, 0.6) is 0 Å². The summed E-state index contributed by atoms with van der Waals surface area (Å²) in [6.45, 7) is 1.75. The van der Waals surface area contributed by atoms with Gasteiger partial charge in [0.05, 0.1) is 0 Å². The largest absolute Gasteiger partial charge is 0.357 e. The van der Waals surface area contributed by atoms with Gasteiger partial charge in [0.2, 0.25) is 11.8 Å². The number of carbonyl (C=O) groups excluding carboxylic acids is 2. The zero-order chi connectivity index (χ0) is 12.0. The fourth-order valence-corrected chi connectivity index (χ4v) is 1.35. The van der Waals surface area contributed by atoms with Crippen molar-refractivity contribution in [1.82, 2.24) is 10.6 Å². The number of likely N-dealkylation sites (N-methyl/N-ethyl adjacent to an activating group) is 1. The van der Waals surface area contributed by atoms with Crippen molar-refractivity contribution in [2.24, 2.45) is 0 Å². The Balaban J connectivity index is 2.88. The molecule has 0 spiro atoms. The van der Waals surface area contributed by atoms with Crippen LogP contribution < -0.4 is 10.6 Å². The van der Waals surface area contributed by atoms with Crippen LogP contribution in [0.4, 0.5) is 0 Å². The standard InChI is InChI=1S/C12H16N2O2/c1-3-10(15)14-11(12(16)13-2)9-7-5-4-6-8-9/h4-8,11H,3H2,1-2H3,(H,13,16)(H,14,15). The van der Waals surface area contributed by atoms with E-state index < -0.39 is 6.04 Å². The van der Waals surface area contributed by atoms with E-state index in [0.717, 1.165) is 5.56 Å². The number of amides is 2. The van der Waals surface area contributed by atoms with Crippen molar-refractivity contribution in [3.8, 4) is 0 Å². The van der Waals surface area contributed by atoms with Gasteiger partial charge in [-0.2, -0.15) is 0 Å². The Morgan fingerprint density at radius 2 is 1.88 bits per heavy atom. The van der Waals surface area contributed by atoms with E-state index >= 15 is 0 Å². The van der Waals surface area contributed by atoms with E-state index in [9.17, 15) is 9.59 Å². The van der Waals surface area contributed by atoms with E-state index in [2.05, 4.69) is 10.6 Å². The van der Waals surface area contributed by atoms with E-state index in [4.69, 9.17) is 0 Å². The number of nitrogens with one attached hydrogen (secondary N) is 2. The van der Waals surface area contributed by atoms with Gasteiger partial charge in [-0.25, -0.2) is 0 Å². The van der Waals surface area contributed by atoms with Gasteiger partial charge in [-0.05, 0) is 5.56 Å². The molecule has 0 radical (unpaired) electrons. The predicted molar refractivity (Wildman–Crippen MR) is 61.7 cm³/mol. The Bertz CT molecular complexity index is 363. The highest BCUT2D eigenvalue weighted by Crippen LogP contribution is 2.12. The van der Waals surface area contributed by atoms with Gasteiger partial charge in [-0.3, -0.25) is 9.59 Å². The highest BCUT2D eigenvalue weighted by molar-refractivity contribution is 5.88. The second-order valence-electron chi connectivity index (χ2n) is 3.38. The Kier molecular flexibility index (Phi) is 4.51. The maximum Gasteiger partial charge on any atom is 0.246 e. The van der Waals surface area contributed by atoms with Gasteiger partial charge < -0.3 is 10.6 Å². The maximum atomic E-state index is 11.6. The van der Waals surface area contributed by atoms with E-state index in [1.807, 2.05) is 30.3 Å². The summed E-state index contributed by atoms with van der Waals surface area (Å²) in [4.78, 5) is 23.0. The monoisotopic (exact) mass is 220 g/mol. The van der Waals surface area contributed by atoms with Crippen molar-refractivity contribution in [2.75, 3.05) is 7.05 Å². The molecule has 0 aromatic heterocycles. The van der Waals surface area contributed by atoms with Crippen molar-refractivity contribution in [2.45, 2.75) is 19.4 Å². The smallest absolute Gasteiger partial charge is 0.246 e. The summed E-state index contributed by atoms with van der Waals surface area (Å²) in [5.74, 6) is -0.356. The molecule has 0 saturated carbocycles. The second-order valence-corrected chi connectivity index (χ2v) is 3.38. The molecule has 0 aliphatic heterocycles. The molecule has 0 saturated heterocycles. The molecule has 0 bridgehead atoms. The molecule has 0 aliphatic carbocycles. The van der Waals surface area contributed by atoms with Crippen molar-refractivity contribution in [3.63, 3.8) is 0 Å². The van der Waals surface area contributed by atoms with E-state index in [1.54, 1.807) is 14.0 Å². The lowest BCUT2D eigenvalue weighted by atomic mass is 10.1. The molecule has 4 heteroatoms. The molecule has 86 valence electrons. The van der Waals surface area contributed by atoms with Crippen LogP contribution >= 0.6 is 0 Å². The number of hydrogen-bond donors (Lipinski definition) is 2. The molecule has 4 nitrogen and oxygen atoms in total. The fourth-order valence-electron chi connectivity index (χ4n) is 1.35. The average molecular weight is 220 g/mol. The first kappa shape index (κ1) is 12.2. The summed E-state index contributed by atoms with van der Waals surface area (Å²) in [6.07, 6.45) is 0.361. The van der Waals surface area contributed by atoms with Crippen LogP contribution in [0.25, 0.3) is 0 Å². The van der Waals surface area contributed by atoms with Crippen LogP contribution in [-0.4, -0.2) is 18.9 Å². The molecule has 1 unspecified atom stereocenters. The molecule has 2 N–H and O–H groups in total. The van der Waals surface area contributed by atoms with Crippen molar-refractivity contribution < 1.29 is 9.59 Å². The summed E-state index contributed by atoms with van der Waals surface area (Å²) in [6, 6.07) is 8.56. The van der Waals surface area contributed by atoms with Crippen LogP contribution in [-0.2, 0) is 9.59 Å². The SMILES string of the molecule is CCC(=O)NC(C(=O)NC)c1ccccc1. The summed E-state index contributed by atoms with van der Waals surface area (Å²) < 4.78 is 0. The van der Waals surface area contributed by atoms with E-state index in [1.165, 1.54) is 0 Å². The molecule has 0 aliphatic rings. The molecule has 0 fully saturated rings. The van der Waals surface area contributed by atoms with E-state index in [-0.39, 0.29) is 11.8 Å². The minimum atomic E-state index is -0.612. The lowest BCUT2D eigenvalue weighted by Gasteiger charge is -2.17. The van der Waals surface area contributed by atoms with E-state index in [0.29, 0.717) is 6.42 Å². The number of carbonyl (C=O) groups is 2. The lowest BCUT2D eigenvalue weighted by Crippen LogP contribution is -2.38. The van der Waals surface area contributed by atoms with Crippen molar-refractivity contribution in [3.05, 3.63) is 35.9 Å². The zero-order valence-electron chi connectivity index (χ0n) is 9.49. The first-order valence-corrected chi connectivity index (χ1v) is 5.25. The molecule has 1 aromatic rings. The fraction of sp³-hybridized carbons (Fsp3) is 0.333. The molecule has 16 heavy (non-hydrogen) atoms. The highest BCUT2D eigenvalue weighted by Gasteiger charge is 2.20. The molecule has 0 heterocycles. The van der Waals surface area contributed by atoms with Crippen LogP contribution in [0.3, 0.4) is 0 Å². The molecule has 1 rings (SSSR count). The quantitative estimate of drug-likeness (QED) is 0.795. The highest BCUT2D eigenvalue weighted by atomic mass is 16.2. The van der Waals surface area contributed by atoms with Crippen molar-refractivity contribution >= 4 is 11.8 Å². The lowest BCUT2D eigenvalue weighted by molar-refractivity contribution is -0.128. The Labute approximate surface area is 95.0 Å². The number of rotatable bonds is 4. The summed E-state index contributed by atoms with van der Waals surface area (Å²) in [5.41, 5.74) is 0.781. The van der Waals surface area contributed by atoms with Crippen LogP contribution in [0.15, 0.2) is 30.3 Å². The minimum absolute atomic E-state index is 0.141. The first-order chi connectivity index (χ1) is 7.69. The third-order valence-electron chi connectivity index (χ3n) is 2.27. The predicted octanol–water partition coefficient (Wildman–Crippen LogP) is 1.000. The third kappa shape index (κ3) is 3.08. The second kappa shape index (κ2) is 5.90. The maximum absolute atomic E-state index is 11.6. The topological polar surface area (TPSA) is 58.2 Å². The van der Waals surface area contributed by atoms with Gasteiger partial charge in [-0.15, -0.1) is 0 Å². The van der Waals surface area contributed by atoms with Gasteiger partial charge >= 0.3 is 0 Å². The Morgan fingerprint density at radius 3 is 2.38 bits per heavy atom. The van der Waals surface area contributed by atoms with Gasteiger partial charge in [0.1, 0.15) is 6.04 Å². The summed E-state index contributed by atoms with van der Waals surface area (Å²) in [7, 11) is 1.55. The Morgan fingerprint density at radius 1 is 1.25 bits per heavy atom. The molecule has 2 amide bonds. The Hall–Kier alpha value is -1.84. The van der Waals surface area contributed by atoms with Gasteiger partial charge in [0.25, 0.3) is 0 Å². The number of benzene rings is 1. The molecule has 1 aromatic carbocycles. The van der Waals surface area contributed by atoms with Gasteiger partial charge in [-0.1, -0.05) is 37.3 Å². The normalized spacial score (nSPS) is 11.6. The van der Waals surface area contributed by atoms with Gasteiger partial charge in [0, 0.05) is 13.5 Å². The first-order valence-electron chi connectivity index (χ1n) is 5.25. The third-order valence-corrected chi connectivity index (χ3v) is 2.27. The minimum Gasteiger partial charge on any atom is -0.357 e. The molecular weight excluding hydrogens is 204 g/mol.